The normalized spacial score (nSPS) is 12.7. The van der Waals surface area contributed by atoms with E-state index in [4.69, 9.17) is 10.2 Å². The summed E-state index contributed by atoms with van der Waals surface area (Å²) in [5.41, 5.74) is -0.0462. The molecule has 114 valence electrons. The minimum Gasteiger partial charge on any atom is -0.478 e. The molecular weight excluding hydrogens is 304 g/mol. The van der Waals surface area contributed by atoms with E-state index in [1.165, 1.54) is 24.3 Å². The summed E-state index contributed by atoms with van der Waals surface area (Å²) >= 11 is 0. The number of cyclic esters (lactones) is 2. The minimum atomic E-state index is -1.41. The Bertz CT molecular complexity index is 895. The molecule has 0 spiro atoms. The number of rotatable bonds is 3. The molecule has 0 saturated carbocycles. The molecule has 0 radical (unpaired) electrons. The topological polar surface area (TPSA) is 118 Å². The Morgan fingerprint density at radius 1 is 0.826 bits per heavy atom. The number of esters is 2. The maximum absolute atomic E-state index is 11.8. The van der Waals surface area contributed by atoms with Gasteiger partial charge in [0.2, 0.25) is 0 Å². The monoisotopic (exact) mass is 312 g/mol. The van der Waals surface area contributed by atoms with Crippen LogP contribution in [0.25, 0.3) is 11.1 Å². The van der Waals surface area contributed by atoms with E-state index >= 15 is 0 Å². The van der Waals surface area contributed by atoms with E-state index in [9.17, 15) is 19.2 Å². The summed E-state index contributed by atoms with van der Waals surface area (Å²) in [6, 6.07) is 8.15. The van der Waals surface area contributed by atoms with Crippen LogP contribution in [0.4, 0.5) is 0 Å². The molecule has 3 rings (SSSR count). The first kappa shape index (κ1) is 14.5. The van der Waals surface area contributed by atoms with Crippen molar-refractivity contribution in [2.24, 2.45) is 0 Å². The zero-order chi connectivity index (χ0) is 16.7. The van der Waals surface area contributed by atoms with Crippen LogP contribution in [0.5, 0.6) is 0 Å². The van der Waals surface area contributed by atoms with Gasteiger partial charge in [-0.25, -0.2) is 19.2 Å². The molecule has 2 aromatic rings. The number of hydrogen-bond donors (Lipinski definition) is 2. The van der Waals surface area contributed by atoms with Crippen LogP contribution in [0.15, 0.2) is 36.4 Å². The molecule has 23 heavy (non-hydrogen) atoms. The second kappa shape index (κ2) is 5.06. The Kier molecular flexibility index (Phi) is 3.18. The smallest absolute Gasteiger partial charge is 0.347 e. The highest BCUT2D eigenvalue weighted by Gasteiger charge is 2.32. The Morgan fingerprint density at radius 3 is 2.13 bits per heavy atom. The number of carbonyl (C=O) groups is 4. The minimum absolute atomic E-state index is 0.0388. The maximum atomic E-state index is 11.8. The summed E-state index contributed by atoms with van der Waals surface area (Å²) in [5, 5.41) is 18.2. The fourth-order valence-electron chi connectivity index (χ4n) is 2.45. The van der Waals surface area contributed by atoms with Gasteiger partial charge in [-0.2, -0.15) is 0 Å². The van der Waals surface area contributed by atoms with Crippen LogP contribution in [-0.2, 0) is 4.74 Å². The standard InChI is InChI=1S/C16H8O7/c17-13(18)9-5-4-7(6-11(9)14(19)20)8-2-1-3-10-12(8)16(22)23-15(10)21/h1-6H,(H,17,18)(H,19,20). The second-order valence-electron chi connectivity index (χ2n) is 4.78. The highest BCUT2D eigenvalue weighted by Crippen LogP contribution is 2.32. The summed E-state index contributed by atoms with van der Waals surface area (Å²) in [4.78, 5) is 45.7. The van der Waals surface area contributed by atoms with E-state index in [-0.39, 0.29) is 16.7 Å². The second-order valence-corrected chi connectivity index (χ2v) is 4.78. The van der Waals surface area contributed by atoms with Gasteiger partial charge in [-0.1, -0.05) is 18.2 Å². The first-order valence-electron chi connectivity index (χ1n) is 6.40. The van der Waals surface area contributed by atoms with Crippen molar-refractivity contribution in [2.45, 2.75) is 0 Å². The number of carboxylic acid groups (broad SMARTS) is 2. The van der Waals surface area contributed by atoms with Crippen molar-refractivity contribution >= 4 is 23.9 Å². The maximum Gasteiger partial charge on any atom is 0.347 e. The summed E-state index contributed by atoms with van der Waals surface area (Å²) in [6.45, 7) is 0. The first-order chi connectivity index (χ1) is 10.9. The van der Waals surface area contributed by atoms with Crippen LogP contribution in [0.3, 0.4) is 0 Å². The fourth-order valence-corrected chi connectivity index (χ4v) is 2.45. The van der Waals surface area contributed by atoms with Crippen LogP contribution in [0.1, 0.15) is 41.4 Å². The Hall–Kier alpha value is -3.48. The molecule has 2 N–H and O–H groups in total. The van der Waals surface area contributed by atoms with E-state index in [2.05, 4.69) is 4.74 Å². The molecule has 0 fully saturated rings. The van der Waals surface area contributed by atoms with Gasteiger partial charge in [0.25, 0.3) is 0 Å². The third-order valence-electron chi connectivity index (χ3n) is 3.47. The van der Waals surface area contributed by atoms with Gasteiger partial charge in [0.05, 0.1) is 22.3 Å². The number of fused-ring (bicyclic) bond motifs is 1. The summed E-state index contributed by atoms with van der Waals surface area (Å²) in [5.74, 6) is -4.37. The summed E-state index contributed by atoms with van der Waals surface area (Å²) in [6.07, 6.45) is 0. The number of ether oxygens (including phenoxy) is 1. The lowest BCUT2D eigenvalue weighted by Crippen LogP contribution is -2.08. The molecule has 0 amide bonds. The third kappa shape index (κ3) is 2.24. The van der Waals surface area contributed by atoms with Crippen molar-refractivity contribution in [1.29, 1.82) is 0 Å². The molecule has 1 aliphatic rings. The van der Waals surface area contributed by atoms with Gasteiger partial charge in [-0.15, -0.1) is 0 Å². The molecule has 2 aromatic carbocycles. The van der Waals surface area contributed by atoms with Gasteiger partial charge in [0.15, 0.2) is 0 Å². The number of aromatic carboxylic acids is 2. The van der Waals surface area contributed by atoms with E-state index in [1.807, 2.05) is 0 Å². The number of carboxylic acids is 2. The Balaban J connectivity index is 2.24. The van der Waals surface area contributed by atoms with Gasteiger partial charge in [0.1, 0.15) is 0 Å². The van der Waals surface area contributed by atoms with Crippen molar-refractivity contribution < 1.29 is 34.1 Å². The van der Waals surface area contributed by atoms with E-state index in [0.717, 1.165) is 12.1 Å². The fraction of sp³-hybridized carbons (Fsp3) is 0. The molecule has 7 nitrogen and oxygen atoms in total. The molecule has 0 bridgehead atoms. The van der Waals surface area contributed by atoms with Crippen LogP contribution in [0, 0.1) is 0 Å². The van der Waals surface area contributed by atoms with Crippen LogP contribution >= 0.6 is 0 Å². The van der Waals surface area contributed by atoms with Crippen molar-refractivity contribution in [1.82, 2.24) is 0 Å². The summed E-state index contributed by atoms with van der Waals surface area (Å²) in [7, 11) is 0. The molecule has 0 saturated heterocycles. The average Bonchev–Trinajstić information content (AvgIpc) is 2.81. The highest BCUT2D eigenvalue weighted by molar-refractivity contribution is 6.18. The molecule has 0 unspecified atom stereocenters. The van der Waals surface area contributed by atoms with Gasteiger partial charge in [-0.05, 0) is 29.3 Å². The molecule has 0 aliphatic carbocycles. The first-order valence-corrected chi connectivity index (χ1v) is 6.40. The molecule has 7 heteroatoms. The van der Waals surface area contributed by atoms with E-state index in [0.29, 0.717) is 11.1 Å². The molecular formula is C16H8O7. The van der Waals surface area contributed by atoms with Crippen LogP contribution in [0.2, 0.25) is 0 Å². The predicted molar refractivity (Wildman–Crippen MR) is 75.5 cm³/mol. The molecule has 1 heterocycles. The average molecular weight is 312 g/mol. The number of benzene rings is 2. The third-order valence-corrected chi connectivity index (χ3v) is 3.47. The number of hydrogen-bond acceptors (Lipinski definition) is 5. The van der Waals surface area contributed by atoms with Gasteiger partial charge in [-0.3, -0.25) is 0 Å². The predicted octanol–water partition coefficient (Wildman–Crippen LogP) is 2.06. The zero-order valence-electron chi connectivity index (χ0n) is 11.4. The van der Waals surface area contributed by atoms with Crippen molar-refractivity contribution in [3.8, 4) is 11.1 Å². The van der Waals surface area contributed by atoms with E-state index < -0.39 is 29.4 Å². The SMILES string of the molecule is O=C(O)c1ccc(-c2cccc3c2C(=O)OC3=O)cc1C(=O)O. The number of carbonyl (C=O) groups excluding carboxylic acids is 2. The molecule has 0 aromatic heterocycles. The largest absolute Gasteiger partial charge is 0.478 e. The summed E-state index contributed by atoms with van der Waals surface area (Å²) < 4.78 is 4.55. The Labute approximate surface area is 128 Å². The van der Waals surface area contributed by atoms with Crippen LogP contribution in [-0.4, -0.2) is 34.1 Å². The van der Waals surface area contributed by atoms with Gasteiger partial charge >= 0.3 is 23.9 Å². The lowest BCUT2D eigenvalue weighted by molar-refractivity contribution is 0.0443. The lowest BCUT2D eigenvalue weighted by atomic mass is 9.94. The Morgan fingerprint density at radius 2 is 1.48 bits per heavy atom. The quantitative estimate of drug-likeness (QED) is 0.657. The van der Waals surface area contributed by atoms with Crippen molar-refractivity contribution in [2.75, 3.05) is 0 Å². The van der Waals surface area contributed by atoms with Crippen molar-refractivity contribution in [3.05, 3.63) is 58.7 Å². The van der Waals surface area contributed by atoms with E-state index in [1.54, 1.807) is 0 Å². The van der Waals surface area contributed by atoms with Gasteiger partial charge in [0, 0.05) is 0 Å². The zero-order valence-corrected chi connectivity index (χ0v) is 11.4. The van der Waals surface area contributed by atoms with Crippen LogP contribution < -0.4 is 0 Å². The molecule has 1 aliphatic heterocycles. The molecule has 0 atom stereocenters. The lowest BCUT2D eigenvalue weighted by Gasteiger charge is -2.08. The van der Waals surface area contributed by atoms with Gasteiger partial charge < -0.3 is 14.9 Å². The van der Waals surface area contributed by atoms with Crippen molar-refractivity contribution in [3.63, 3.8) is 0 Å². The highest BCUT2D eigenvalue weighted by atomic mass is 16.6.